The highest BCUT2D eigenvalue weighted by molar-refractivity contribution is 5.70. The van der Waals surface area contributed by atoms with Gasteiger partial charge in [0, 0.05) is 31.0 Å². The van der Waals surface area contributed by atoms with E-state index >= 15 is 0 Å². The van der Waals surface area contributed by atoms with Crippen LogP contribution in [0, 0.1) is 20.8 Å². The van der Waals surface area contributed by atoms with E-state index in [0.717, 1.165) is 5.56 Å². The summed E-state index contributed by atoms with van der Waals surface area (Å²) in [5, 5.41) is 3.06. The smallest absolute Gasteiger partial charge is 0.222 e. The van der Waals surface area contributed by atoms with E-state index in [1.54, 1.807) is 0 Å². The number of nitrogens with zero attached hydrogens (tertiary/aromatic N) is 2. The molecule has 0 fully saturated rings. The molecule has 0 radical (unpaired) electrons. The molecule has 19 heavy (non-hydrogen) atoms. The van der Waals surface area contributed by atoms with Crippen LogP contribution in [0.4, 0.5) is 5.95 Å². The summed E-state index contributed by atoms with van der Waals surface area (Å²) in [6.07, 6.45) is 3.72. The van der Waals surface area contributed by atoms with Crippen LogP contribution in [-0.2, 0) is 0 Å². The van der Waals surface area contributed by atoms with E-state index in [-0.39, 0.29) is 0 Å². The van der Waals surface area contributed by atoms with Crippen LogP contribution in [-0.4, -0.2) is 23.1 Å². The average Bonchev–Trinajstić information content (AvgIpc) is 2.36. The molecule has 2 rings (SSSR count). The molecule has 1 aromatic heterocycles. The topological polar surface area (TPSA) is 63.8 Å². The Morgan fingerprint density at radius 2 is 1.63 bits per heavy atom. The summed E-state index contributed by atoms with van der Waals surface area (Å²) in [5.41, 5.74) is 11.5. The zero-order valence-corrected chi connectivity index (χ0v) is 11.7. The summed E-state index contributed by atoms with van der Waals surface area (Å²) in [4.78, 5) is 8.64. The SMILES string of the molecule is Cc1cc(C)c(-c2cnc(NCCN)nc2)c(C)c1. The lowest BCUT2D eigenvalue weighted by Crippen LogP contribution is -2.14. The Bertz CT molecular complexity index is 538. The van der Waals surface area contributed by atoms with Crippen molar-refractivity contribution in [2.24, 2.45) is 5.73 Å². The van der Waals surface area contributed by atoms with Gasteiger partial charge in [0.2, 0.25) is 5.95 Å². The first kappa shape index (κ1) is 13.5. The molecule has 0 amide bonds. The number of benzene rings is 1. The molecule has 1 heterocycles. The van der Waals surface area contributed by atoms with Gasteiger partial charge in [-0.2, -0.15) is 0 Å². The third-order valence-corrected chi connectivity index (χ3v) is 3.04. The summed E-state index contributed by atoms with van der Waals surface area (Å²) < 4.78 is 0. The Morgan fingerprint density at radius 3 is 2.16 bits per heavy atom. The standard InChI is InChI=1S/C15H20N4/c1-10-6-11(2)14(12(3)7-10)13-8-18-15(19-9-13)17-5-4-16/h6-9H,4-5,16H2,1-3H3,(H,17,18,19). The molecule has 0 unspecified atom stereocenters. The Balaban J connectivity index is 2.32. The fourth-order valence-corrected chi connectivity index (χ4v) is 2.37. The zero-order valence-electron chi connectivity index (χ0n) is 11.7. The molecule has 100 valence electrons. The predicted octanol–water partition coefficient (Wildman–Crippen LogP) is 2.44. The number of nitrogens with one attached hydrogen (secondary N) is 1. The monoisotopic (exact) mass is 256 g/mol. The van der Waals surface area contributed by atoms with Gasteiger partial charge in [-0.3, -0.25) is 0 Å². The normalized spacial score (nSPS) is 10.5. The third kappa shape index (κ3) is 3.09. The lowest BCUT2D eigenvalue weighted by Gasteiger charge is -2.11. The molecule has 0 bridgehead atoms. The molecule has 4 nitrogen and oxygen atoms in total. The molecule has 0 saturated heterocycles. The van der Waals surface area contributed by atoms with Gasteiger partial charge in [0.25, 0.3) is 0 Å². The van der Waals surface area contributed by atoms with Crippen molar-refractivity contribution < 1.29 is 0 Å². The molecule has 0 atom stereocenters. The maximum atomic E-state index is 5.43. The Labute approximate surface area is 114 Å². The number of anilines is 1. The fourth-order valence-electron chi connectivity index (χ4n) is 2.37. The quantitative estimate of drug-likeness (QED) is 0.882. The van der Waals surface area contributed by atoms with E-state index in [9.17, 15) is 0 Å². The summed E-state index contributed by atoms with van der Waals surface area (Å²) >= 11 is 0. The second-order valence-electron chi connectivity index (χ2n) is 4.78. The van der Waals surface area contributed by atoms with Gasteiger partial charge in [-0.15, -0.1) is 0 Å². The molecule has 0 saturated carbocycles. The lowest BCUT2D eigenvalue weighted by molar-refractivity contribution is 0.989. The summed E-state index contributed by atoms with van der Waals surface area (Å²) in [5.74, 6) is 0.622. The Hall–Kier alpha value is -1.94. The van der Waals surface area contributed by atoms with Crippen molar-refractivity contribution in [1.82, 2.24) is 9.97 Å². The summed E-state index contributed by atoms with van der Waals surface area (Å²) in [7, 11) is 0. The first-order valence-corrected chi connectivity index (χ1v) is 6.46. The second-order valence-corrected chi connectivity index (χ2v) is 4.78. The van der Waals surface area contributed by atoms with E-state index in [0.29, 0.717) is 19.0 Å². The molecule has 1 aromatic carbocycles. The average molecular weight is 256 g/mol. The van der Waals surface area contributed by atoms with Gasteiger partial charge in [0.05, 0.1) is 0 Å². The maximum absolute atomic E-state index is 5.43. The van der Waals surface area contributed by atoms with Gasteiger partial charge in [0.1, 0.15) is 0 Å². The summed E-state index contributed by atoms with van der Waals surface area (Å²) in [6.45, 7) is 7.61. The van der Waals surface area contributed by atoms with E-state index in [4.69, 9.17) is 5.73 Å². The number of aromatic nitrogens is 2. The Kier molecular flexibility index (Phi) is 4.12. The first-order valence-electron chi connectivity index (χ1n) is 6.46. The molecule has 0 spiro atoms. The van der Waals surface area contributed by atoms with E-state index < -0.39 is 0 Å². The van der Waals surface area contributed by atoms with Crippen LogP contribution in [0.15, 0.2) is 24.5 Å². The lowest BCUT2D eigenvalue weighted by atomic mass is 9.96. The number of hydrogen-bond donors (Lipinski definition) is 2. The van der Waals surface area contributed by atoms with Gasteiger partial charge < -0.3 is 11.1 Å². The van der Waals surface area contributed by atoms with Crippen LogP contribution < -0.4 is 11.1 Å². The van der Waals surface area contributed by atoms with Gasteiger partial charge in [0.15, 0.2) is 0 Å². The second kappa shape index (κ2) is 5.80. The van der Waals surface area contributed by atoms with Crippen LogP contribution in [0.25, 0.3) is 11.1 Å². The largest absolute Gasteiger partial charge is 0.353 e. The van der Waals surface area contributed by atoms with Gasteiger partial charge >= 0.3 is 0 Å². The van der Waals surface area contributed by atoms with Crippen LogP contribution in [0.2, 0.25) is 0 Å². The number of rotatable bonds is 4. The predicted molar refractivity (Wildman–Crippen MR) is 79.2 cm³/mol. The van der Waals surface area contributed by atoms with Crippen molar-refractivity contribution in [1.29, 1.82) is 0 Å². The van der Waals surface area contributed by atoms with Gasteiger partial charge in [-0.05, 0) is 37.5 Å². The Morgan fingerprint density at radius 1 is 1.05 bits per heavy atom. The highest BCUT2D eigenvalue weighted by Gasteiger charge is 2.07. The van der Waals surface area contributed by atoms with Crippen molar-refractivity contribution >= 4 is 5.95 Å². The van der Waals surface area contributed by atoms with Gasteiger partial charge in [-0.25, -0.2) is 9.97 Å². The van der Waals surface area contributed by atoms with Crippen molar-refractivity contribution in [2.75, 3.05) is 18.4 Å². The zero-order chi connectivity index (χ0) is 13.8. The molecule has 0 aliphatic heterocycles. The maximum Gasteiger partial charge on any atom is 0.222 e. The number of nitrogens with two attached hydrogens (primary N) is 1. The third-order valence-electron chi connectivity index (χ3n) is 3.04. The minimum absolute atomic E-state index is 0.571. The van der Waals surface area contributed by atoms with Gasteiger partial charge in [-0.1, -0.05) is 17.7 Å². The van der Waals surface area contributed by atoms with Crippen LogP contribution in [0.5, 0.6) is 0 Å². The van der Waals surface area contributed by atoms with Crippen LogP contribution in [0.1, 0.15) is 16.7 Å². The molecule has 4 heteroatoms. The molecule has 0 aliphatic carbocycles. The fraction of sp³-hybridized carbons (Fsp3) is 0.333. The minimum Gasteiger partial charge on any atom is -0.353 e. The number of aryl methyl sites for hydroxylation is 3. The highest BCUT2D eigenvalue weighted by Crippen LogP contribution is 2.27. The minimum atomic E-state index is 0.571. The molecule has 0 aliphatic rings. The van der Waals surface area contributed by atoms with Crippen molar-refractivity contribution in [3.63, 3.8) is 0 Å². The molecular weight excluding hydrogens is 236 g/mol. The molecule has 3 N–H and O–H groups in total. The van der Waals surface area contributed by atoms with Crippen LogP contribution >= 0.6 is 0 Å². The van der Waals surface area contributed by atoms with Crippen molar-refractivity contribution in [3.05, 3.63) is 41.2 Å². The van der Waals surface area contributed by atoms with Crippen molar-refractivity contribution in [3.8, 4) is 11.1 Å². The van der Waals surface area contributed by atoms with Crippen LogP contribution in [0.3, 0.4) is 0 Å². The van der Waals surface area contributed by atoms with E-state index in [1.807, 2.05) is 12.4 Å². The highest BCUT2D eigenvalue weighted by atomic mass is 15.1. The van der Waals surface area contributed by atoms with E-state index in [1.165, 1.54) is 22.3 Å². The number of hydrogen-bond acceptors (Lipinski definition) is 4. The molecular formula is C15H20N4. The summed E-state index contributed by atoms with van der Waals surface area (Å²) in [6, 6.07) is 4.37. The first-order chi connectivity index (χ1) is 9.11. The van der Waals surface area contributed by atoms with Crippen molar-refractivity contribution in [2.45, 2.75) is 20.8 Å². The molecule has 2 aromatic rings. The van der Waals surface area contributed by atoms with E-state index in [2.05, 4.69) is 48.2 Å².